The molecule has 4 N–H and O–H groups in total. The van der Waals surface area contributed by atoms with E-state index in [9.17, 15) is 9.59 Å². The molecule has 0 aromatic heterocycles. The molecule has 1 aromatic carbocycles. The SMILES string of the molecule is Cc1ccc(NC(=O)CNC(=O)C(C)C(C)N)c(Cl)c1. The van der Waals surface area contributed by atoms with Crippen LogP contribution in [0, 0.1) is 12.8 Å². The predicted octanol–water partition coefficient (Wildman–Crippen LogP) is 1.69. The van der Waals surface area contributed by atoms with Crippen LogP contribution < -0.4 is 16.4 Å². The van der Waals surface area contributed by atoms with E-state index in [1.54, 1.807) is 26.0 Å². The van der Waals surface area contributed by atoms with Gasteiger partial charge < -0.3 is 16.4 Å². The van der Waals surface area contributed by atoms with Crippen LogP contribution in [-0.2, 0) is 9.59 Å². The molecule has 110 valence electrons. The van der Waals surface area contributed by atoms with Crippen molar-refractivity contribution >= 4 is 29.1 Å². The smallest absolute Gasteiger partial charge is 0.243 e. The summed E-state index contributed by atoms with van der Waals surface area (Å²) in [5.74, 6) is -0.920. The molecule has 2 unspecified atom stereocenters. The van der Waals surface area contributed by atoms with Crippen LogP contribution in [0.3, 0.4) is 0 Å². The summed E-state index contributed by atoms with van der Waals surface area (Å²) in [7, 11) is 0. The quantitative estimate of drug-likeness (QED) is 0.773. The Morgan fingerprint density at radius 1 is 1.35 bits per heavy atom. The Labute approximate surface area is 123 Å². The fourth-order valence-electron chi connectivity index (χ4n) is 1.48. The van der Waals surface area contributed by atoms with Crippen LogP contribution in [0.2, 0.25) is 5.02 Å². The molecule has 1 aromatic rings. The van der Waals surface area contributed by atoms with Crippen LogP contribution in [0.25, 0.3) is 0 Å². The van der Waals surface area contributed by atoms with Gasteiger partial charge in [-0.25, -0.2) is 0 Å². The highest BCUT2D eigenvalue weighted by atomic mass is 35.5. The zero-order valence-electron chi connectivity index (χ0n) is 11.9. The van der Waals surface area contributed by atoms with Crippen LogP contribution >= 0.6 is 11.6 Å². The summed E-state index contributed by atoms with van der Waals surface area (Å²) in [5, 5.41) is 5.65. The average Bonchev–Trinajstić information content (AvgIpc) is 2.38. The van der Waals surface area contributed by atoms with Crippen molar-refractivity contribution < 1.29 is 9.59 Å². The first-order chi connectivity index (χ1) is 9.31. The maximum atomic E-state index is 11.7. The number of halogens is 1. The van der Waals surface area contributed by atoms with Gasteiger partial charge in [0.2, 0.25) is 11.8 Å². The molecule has 1 rings (SSSR count). The first-order valence-electron chi connectivity index (χ1n) is 6.40. The molecule has 0 fully saturated rings. The van der Waals surface area contributed by atoms with Gasteiger partial charge in [0.15, 0.2) is 0 Å². The molecule has 0 aliphatic carbocycles. The normalized spacial score (nSPS) is 13.4. The van der Waals surface area contributed by atoms with Gasteiger partial charge in [-0.15, -0.1) is 0 Å². The molecule has 0 aliphatic rings. The van der Waals surface area contributed by atoms with E-state index in [2.05, 4.69) is 10.6 Å². The Bertz CT molecular complexity index is 503. The van der Waals surface area contributed by atoms with Gasteiger partial charge >= 0.3 is 0 Å². The summed E-state index contributed by atoms with van der Waals surface area (Å²) in [5.41, 5.74) is 7.15. The molecule has 0 spiro atoms. The minimum absolute atomic E-state index is 0.111. The van der Waals surface area contributed by atoms with E-state index >= 15 is 0 Å². The Hall–Kier alpha value is -1.59. The van der Waals surface area contributed by atoms with Gasteiger partial charge in [0.1, 0.15) is 0 Å². The lowest BCUT2D eigenvalue weighted by molar-refractivity contribution is -0.127. The maximum absolute atomic E-state index is 11.7. The lowest BCUT2D eigenvalue weighted by Gasteiger charge is -2.15. The second kappa shape index (κ2) is 7.26. The Balaban J connectivity index is 2.50. The third-order valence-electron chi connectivity index (χ3n) is 3.02. The van der Waals surface area contributed by atoms with E-state index in [1.165, 1.54) is 0 Å². The predicted molar refractivity (Wildman–Crippen MR) is 80.6 cm³/mol. The zero-order valence-corrected chi connectivity index (χ0v) is 12.6. The van der Waals surface area contributed by atoms with Crippen LogP contribution in [-0.4, -0.2) is 24.4 Å². The molecule has 0 heterocycles. The zero-order chi connectivity index (χ0) is 15.3. The first kappa shape index (κ1) is 16.5. The van der Waals surface area contributed by atoms with E-state index in [-0.39, 0.29) is 30.3 Å². The monoisotopic (exact) mass is 297 g/mol. The summed E-state index contributed by atoms with van der Waals surface area (Å²) in [6.07, 6.45) is 0. The maximum Gasteiger partial charge on any atom is 0.243 e. The van der Waals surface area contributed by atoms with Crippen molar-refractivity contribution in [3.8, 4) is 0 Å². The van der Waals surface area contributed by atoms with E-state index in [4.69, 9.17) is 17.3 Å². The molecule has 0 bridgehead atoms. The highest BCUT2D eigenvalue weighted by Crippen LogP contribution is 2.22. The molecule has 6 heteroatoms. The van der Waals surface area contributed by atoms with Gasteiger partial charge in [0.05, 0.1) is 17.3 Å². The summed E-state index contributed by atoms with van der Waals surface area (Å²) in [6.45, 7) is 5.26. The molecule has 0 radical (unpaired) electrons. The van der Waals surface area contributed by atoms with Crippen LogP contribution in [0.15, 0.2) is 18.2 Å². The Kier molecular flexibility index (Phi) is 5.98. The topological polar surface area (TPSA) is 84.2 Å². The number of hydrogen-bond acceptors (Lipinski definition) is 3. The van der Waals surface area contributed by atoms with Crippen LogP contribution in [0.1, 0.15) is 19.4 Å². The van der Waals surface area contributed by atoms with Gasteiger partial charge in [-0.3, -0.25) is 9.59 Å². The Morgan fingerprint density at radius 2 is 2.00 bits per heavy atom. The number of hydrogen-bond donors (Lipinski definition) is 3. The van der Waals surface area contributed by atoms with Crippen molar-refractivity contribution in [1.82, 2.24) is 5.32 Å². The van der Waals surface area contributed by atoms with Gasteiger partial charge in [0.25, 0.3) is 0 Å². The van der Waals surface area contributed by atoms with E-state index in [1.807, 2.05) is 13.0 Å². The summed E-state index contributed by atoms with van der Waals surface area (Å²) in [4.78, 5) is 23.4. The second-order valence-electron chi connectivity index (χ2n) is 4.90. The molecular weight excluding hydrogens is 278 g/mol. The number of nitrogens with two attached hydrogens (primary N) is 1. The molecule has 0 saturated heterocycles. The average molecular weight is 298 g/mol. The molecule has 2 atom stereocenters. The van der Waals surface area contributed by atoms with E-state index in [0.717, 1.165) is 5.56 Å². The number of anilines is 1. The molecule has 0 aliphatic heterocycles. The van der Waals surface area contributed by atoms with Gasteiger partial charge in [-0.1, -0.05) is 24.6 Å². The highest BCUT2D eigenvalue weighted by molar-refractivity contribution is 6.33. The summed E-state index contributed by atoms with van der Waals surface area (Å²) < 4.78 is 0. The van der Waals surface area contributed by atoms with Crippen molar-refractivity contribution in [3.05, 3.63) is 28.8 Å². The third-order valence-corrected chi connectivity index (χ3v) is 3.34. The van der Waals surface area contributed by atoms with Crippen molar-refractivity contribution in [1.29, 1.82) is 0 Å². The fraction of sp³-hybridized carbons (Fsp3) is 0.429. The third kappa shape index (κ3) is 4.83. The molecule has 20 heavy (non-hydrogen) atoms. The van der Waals surface area contributed by atoms with Crippen molar-refractivity contribution in [2.75, 3.05) is 11.9 Å². The number of carbonyl (C=O) groups excluding carboxylic acids is 2. The van der Waals surface area contributed by atoms with Gasteiger partial charge in [0, 0.05) is 12.0 Å². The number of aryl methyl sites for hydroxylation is 1. The number of amides is 2. The molecular formula is C14H20ClN3O2. The van der Waals surface area contributed by atoms with Crippen molar-refractivity contribution in [2.24, 2.45) is 11.7 Å². The fourth-order valence-corrected chi connectivity index (χ4v) is 1.77. The molecule has 5 nitrogen and oxygen atoms in total. The summed E-state index contributed by atoms with van der Waals surface area (Å²) >= 11 is 6.01. The Morgan fingerprint density at radius 3 is 2.55 bits per heavy atom. The number of nitrogens with one attached hydrogen (secondary N) is 2. The second-order valence-corrected chi connectivity index (χ2v) is 5.30. The van der Waals surface area contributed by atoms with Crippen LogP contribution in [0.5, 0.6) is 0 Å². The highest BCUT2D eigenvalue weighted by Gasteiger charge is 2.17. The van der Waals surface area contributed by atoms with Gasteiger partial charge in [-0.05, 0) is 31.5 Å². The molecule has 2 amide bonds. The minimum Gasteiger partial charge on any atom is -0.347 e. The number of carbonyl (C=O) groups is 2. The number of rotatable bonds is 5. The van der Waals surface area contributed by atoms with Gasteiger partial charge in [-0.2, -0.15) is 0 Å². The van der Waals surface area contributed by atoms with Crippen LogP contribution in [0.4, 0.5) is 5.69 Å². The van der Waals surface area contributed by atoms with Crippen molar-refractivity contribution in [3.63, 3.8) is 0 Å². The lowest BCUT2D eigenvalue weighted by Crippen LogP contribution is -2.41. The lowest BCUT2D eigenvalue weighted by atomic mass is 10.0. The standard InChI is InChI=1S/C14H20ClN3O2/c1-8-4-5-12(11(15)6-8)18-13(19)7-17-14(20)9(2)10(3)16/h4-6,9-10H,7,16H2,1-3H3,(H,17,20)(H,18,19). The van der Waals surface area contributed by atoms with E-state index < -0.39 is 0 Å². The largest absolute Gasteiger partial charge is 0.347 e. The minimum atomic E-state index is -0.342. The van der Waals surface area contributed by atoms with Crippen molar-refractivity contribution in [2.45, 2.75) is 26.8 Å². The summed E-state index contributed by atoms with van der Waals surface area (Å²) in [6, 6.07) is 5.07. The molecule has 0 saturated carbocycles. The van der Waals surface area contributed by atoms with E-state index in [0.29, 0.717) is 10.7 Å². The number of benzene rings is 1. The first-order valence-corrected chi connectivity index (χ1v) is 6.78.